The third kappa shape index (κ3) is 2.74. The van der Waals surface area contributed by atoms with Crippen molar-refractivity contribution in [3.05, 3.63) is 29.3 Å². The van der Waals surface area contributed by atoms with Crippen LogP contribution in [0.15, 0.2) is 18.2 Å². The zero-order valence-electron chi connectivity index (χ0n) is 14.2. The Morgan fingerprint density at radius 3 is 3.00 bits per heavy atom. The molecule has 3 heterocycles. The molecule has 1 atom stereocenters. The largest absolute Gasteiger partial charge is 0.487 e. The molecule has 0 bridgehead atoms. The number of nitrogens with one attached hydrogen (secondary N) is 1. The number of carbonyl (C=O) groups is 1. The van der Waals surface area contributed by atoms with Gasteiger partial charge in [0.15, 0.2) is 0 Å². The van der Waals surface area contributed by atoms with Crippen LogP contribution in [0.4, 0.5) is 0 Å². The summed E-state index contributed by atoms with van der Waals surface area (Å²) in [7, 11) is 0. The highest BCUT2D eigenvalue weighted by Gasteiger charge is 2.45. The second-order valence-corrected chi connectivity index (χ2v) is 8.08. The number of nitrogens with zero attached hydrogens (tertiary/aromatic N) is 1. The van der Waals surface area contributed by atoms with Crippen molar-refractivity contribution in [2.75, 3.05) is 19.6 Å². The van der Waals surface area contributed by atoms with Gasteiger partial charge < -0.3 is 10.1 Å². The molecule has 23 heavy (non-hydrogen) atoms. The van der Waals surface area contributed by atoms with E-state index < -0.39 is 0 Å². The van der Waals surface area contributed by atoms with Crippen LogP contribution in [0, 0.1) is 5.41 Å². The first-order chi connectivity index (χ1) is 11.0. The van der Waals surface area contributed by atoms with E-state index in [1.165, 1.54) is 11.1 Å². The molecule has 1 spiro atoms. The van der Waals surface area contributed by atoms with Gasteiger partial charge in [0.1, 0.15) is 11.4 Å². The predicted octanol–water partition coefficient (Wildman–Crippen LogP) is 2.50. The fourth-order valence-corrected chi connectivity index (χ4v) is 4.43. The monoisotopic (exact) mass is 314 g/mol. The zero-order valence-corrected chi connectivity index (χ0v) is 14.2. The van der Waals surface area contributed by atoms with Gasteiger partial charge in [-0.2, -0.15) is 0 Å². The molecule has 4 rings (SSSR count). The molecule has 0 radical (unpaired) electrons. The van der Waals surface area contributed by atoms with E-state index in [4.69, 9.17) is 4.74 Å². The minimum Gasteiger partial charge on any atom is -0.487 e. The smallest absolute Gasteiger partial charge is 0.227 e. The van der Waals surface area contributed by atoms with E-state index in [0.29, 0.717) is 0 Å². The Morgan fingerprint density at radius 2 is 2.17 bits per heavy atom. The van der Waals surface area contributed by atoms with Crippen molar-refractivity contribution in [2.24, 2.45) is 5.41 Å². The molecule has 0 saturated carbocycles. The number of ether oxygens (including phenoxy) is 1. The third-order valence-corrected chi connectivity index (χ3v) is 5.57. The number of rotatable bonds is 2. The number of likely N-dealkylation sites (tertiary alicyclic amines) is 1. The number of carbonyl (C=O) groups excluding carboxylic acids is 1. The Bertz CT molecular complexity index is 640. The SMILES string of the molecule is CC1(C)Cc2cc(CN3CC[C@]4(CCCNC4=O)C3)ccc2O1. The van der Waals surface area contributed by atoms with E-state index >= 15 is 0 Å². The average Bonchev–Trinajstić information content (AvgIpc) is 3.02. The molecule has 1 aromatic rings. The van der Waals surface area contributed by atoms with E-state index in [0.717, 1.165) is 57.6 Å². The van der Waals surface area contributed by atoms with Crippen molar-refractivity contribution in [1.82, 2.24) is 10.2 Å². The summed E-state index contributed by atoms with van der Waals surface area (Å²) < 4.78 is 5.96. The number of hydrogen-bond donors (Lipinski definition) is 1. The number of piperidine rings is 1. The van der Waals surface area contributed by atoms with Crippen molar-refractivity contribution in [2.45, 2.75) is 51.7 Å². The molecule has 0 aromatic heterocycles. The average molecular weight is 314 g/mol. The van der Waals surface area contributed by atoms with Crippen LogP contribution in [0.1, 0.15) is 44.2 Å². The summed E-state index contributed by atoms with van der Waals surface area (Å²) >= 11 is 0. The lowest BCUT2D eigenvalue weighted by Crippen LogP contribution is -2.47. The second kappa shape index (κ2) is 5.23. The first-order valence-electron chi connectivity index (χ1n) is 8.77. The molecule has 1 amide bonds. The highest BCUT2D eigenvalue weighted by molar-refractivity contribution is 5.84. The number of fused-ring (bicyclic) bond motifs is 1. The van der Waals surface area contributed by atoms with Gasteiger partial charge in [-0.1, -0.05) is 12.1 Å². The maximum atomic E-state index is 12.3. The van der Waals surface area contributed by atoms with Crippen LogP contribution in [-0.4, -0.2) is 36.0 Å². The van der Waals surface area contributed by atoms with Crippen LogP contribution in [0.3, 0.4) is 0 Å². The molecule has 2 saturated heterocycles. The van der Waals surface area contributed by atoms with E-state index in [9.17, 15) is 4.79 Å². The normalized spacial score (nSPS) is 29.4. The highest BCUT2D eigenvalue weighted by atomic mass is 16.5. The zero-order chi connectivity index (χ0) is 16.1. The lowest BCUT2D eigenvalue weighted by Gasteiger charge is -2.32. The number of amides is 1. The summed E-state index contributed by atoms with van der Waals surface area (Å²) in [6.45, 7) is 7.98. The number of benzene rings is 1. The lowest BCUT2D eigenvalue weighted by molar-refractivity contribution is -0.132. The van der Waals surface area contributed by atoms with Crippen LogP contribution in [0.25, 0.3) is 0 Å². The Kier molecular flexibility index (Phi) is 3.41. The molecule has 3 aliphatic heterocycles. The minimum absolute atomic E-state index is 0.0845. The summed E-state index contributed by atoms with van der Waals surface area (Å²) in [5, 5.41) is 3.06. The molecule has 1 N–H and O–H groups in total. The van der Waals surface area contributed by atoms with Crippen LogP contribution < -0.4 is 10.1 Å². The van der Waals surface area contributed by atoms with Crippen molar-refractivity contribution in [3.8, 4) is 5.75 Å². The first kappa shape index (κ1) is 15.0. The molecule has 124 valence electrons. The highest BCUT2D eigenvalue weighted by Crippen LogP contribution is 2.39. The summed E-state index contributed by atoms with van der Waals surface area (Å²) in [5.74, 6) is 1.30. The van der Waals surface area contributed by atoms with Crippen molar-refractivity contribution in [3.63, 3.8) is 0 Å². The molecule has 4 heteroatoms. The van der Waals surface area contributed by atoms with Gasteiger partial charge in [-0.05, 0) is 56.8 Å². The Balaban J connectivity index is 1.45. The molecule has 2 fully saturated rings. The van der Waals surface area contributed by atoms with E-state index in [1.807, 2.05) is 0 Å². The van der Waals surface area contributed by atoms with Crippen LogP contribution >= 0.6 is 0 Å². The first-order valence-corrected chi connectivity index (χ1v) is 8.77. The minimum atomic E-state index is -0.125. The van der Waals surface area contributed by atoms with Gasteiger partial charge in [0.2, 0.25) is 5.91 Å². The predicted molar refractivity (Wildman–Crippen MR) is 89.4 cm³/mol. The fraction of sp³-hybridized carbons (Fsp3) is 0.632. The maximum Gasteiger partial charge on any atom is 0.227 e. The molecule has 4 nitrogen and oxygen atoms in total. The standard InChI is InChI=1S/C19H26N2O2/c1-18(2)11-15-10-14(4-5-16(15)23-18)12-21-9-7-19(13-21)6-3-8-20-17(19)22/h4-5,10H,3,6-9,11-13H2,1-2H3,(H,20,22)/t19-/m1/s1. The van der Waals surface area contributed by atoms with Gasteiger partial charge in [-0.15, -0.1) is 0 Å². The molecule has 3 aliphatic rings. The molecular formula is C19H26N2O2. The van der Waals surface area contributed by atoms with E-state index in [-0.39, 0.29) is 16.9 Å². The van der Waals surface area contributed by atoms with Crippen LogP contribution in [0.5, 0.6) is 5.75 Å². The Labute approximate surface area is 138 Å². The molecule has 1 aromatic carbocycles. The van der Waals surface area contributed by atoms with Gasteiger partial charge in [0, 0.05) is 26.1 Å². The topological polar surface area (TPSA) is 41.6 Å². The van der Waals surface area contributed by atoms with Gasteiger partial charge in [-0.25, -0.2) is 0 Å². The van der Waals surface area contributed by atoms with Gasteiger partial charge in [0.25, 0.3) is 0 Å². The summed E-state index contributed by atoms with van der Waals surface area (Å²) in [4.78, 5) is 14.7. The second-order valence-electron chi connectivity index (χ2n) is 8.08. The Hall–Kier alpha value is -1.55. The molecule has 0 aliphatic carbocycles. The van der Waals surface area contributed by atoms with Crippen molar-refractivity contribution >= 4 is 5.91 Å². The van der Waals surface area contributed by atoms with Crippen molar-refractivity contribution < 1.29 is 9.53 Å². The fourth-order valence-electron chi connectivity index (χ4n) is 4.43. The van der Waals surface area contributed by atoms with Crippen LogP contribution in [-0.2, 0) is 17.8 Å². The molecular weight excluding hydrogens is 288 g/mol. The lowest BCUT2D eigenvalue weighted by atomic mass is 9.79. The van der Waals surface area contributed by atoms with E-state index in [2.05, 4.69) is 42.3 Å². The third-order valence-electron chi connectivity index (χ3n) is 5.57. The maximum absolute atomic E-state index is 12.3. The summed E-state index contributed by atoms with van der Waals surface area (Å²) in [6.07, 6.45) is 4.13. The summed E-state index contributed by atoms with van der Waals surface area (Å²) in [6, 6.07) is 6.57. The van der Waals surface area contributed by atoms with Crippen molar-refractivity contribution in [1.29, 1.82) is 0 Å². The molecule has 0 unspecified atom stereocenters. The van der Waals surface area contributed by atoms with Gasteiger partial charge >= 0.3 is 0 Å². The summed E-state index contributed by atoms with van der Waals surface area (Å²) in [5.41, 5.74) is 2.44. The van der Waals surface area contributed by atoms with Gasteiger partial charge in [0.05, 0.1) is 5.41 Å². The van der Waals surface area contributed by atoms with E-state index in [1.54, 1.807) is 0 Å². The Morgan fingerprint density at radius 1 is 1.30 bits per heavy atom. The number of hydrogen-bond acceptors (Lipinski definition) is 3. The van der Waals surface area contributed by atoms with Gasteiger partial charge in [-0.3, -0.25) is 9.69 Å². The quantitative estimate of drug-likeness (QED) is 0.912. The van der Waals surface area contributed by atoms with Crippen LogP contribution in [0.2, 0.25) is 0 Å².